The third kappa shape index (κ3) is 1.93. The molecule has 50 valence electrons. The van der Waals surface area contributed by atoms with Crippen LogP contribution in [0.25, 0.3) is 0 Å². The normalized spacial score (nSPS) is 11.1. The van der Waals surface area contributed by atoms with E-state index in [1.54, 1.807) is 0 Å². The Morgan fingerprint density at radius 3 is 2.56 bits per heavy atom. The van der Waals surface area contributed by atoms with Gasteiger partial charge in [-0.3, -0.25) is 0 Å². The Kier molecular flexibility index (Phi) is 2.45. The molecule has 1 aromatic heterocycles. The van der Waals surface area contributed by atoms with Gasteiger partial charge < -0.3 is 0 Å². The van der Waals surface area contributed by atoms with E-state index in [0.717, 1.165) is 0 Å². The Morgan fingerprint density at radius 1 is 1.44 bits per heavy atom. The summed E-state index contributed by atoms with van der Waals surface area (Å²) >= 11 is -0.743. The van der Waals surface area contributed by atoms with Crippen LogP contribution in [0.3, 0.4) is 0 Å². The van der Waals surface area contributed by atoms with E-state index >= 15 is 0 Å². The van der Waals surface area contributed by atoms with Gasteiger partial charge in [0, 0.05) is 0 Å². The van der Waals surface area contributed by atoms with Gasteiger partial charge in [0.2, 0.25) is 0 Å². The molecule has 0 atom stereocenters. The molecular formula is C7H10IN. The molecule has 1 nitrogen and oxygen atoms in total. The fraction of sp³-hybridized carbons (Fsp3) is 0.286. The van der Waals surface area contributed by atoms with Crippen LogP contribution in [-0.4, -0.2) is 14.8 Å². The fourth-order valence-electron chi connectivity index (χ4n) is 0.565. The van der Waals surface area contributed by atoms with Gasteiger partial charge >= 0.3 is 62.8 Å². The molecule has 1 aromatic rings. The molecule has 9 heavy (non-hydrogen) atoms. The van der Waals surface area contributed by atoms with Gasteiger partial charge in [0.1, 0.15) is 0 Å². The molecule has 0 saturated heterocycles. The molecule has 1 heterocycles. The van der Waals surface area contributed by atoms with Crippen LogP contribution < -0.4 is 0 Å². The van der Waals surface area contributed by atoms with E-state index in [4.69, 9.17) is 0 Å². The van der Waals surface area contributed by atoms with Gasteiger partial charge in [0.25, 0.3) is 0 Å². The van der Waals surface area contributed by atoms with Crippen molar-refractivity contribution < 1.29 is 0 Å². The summed E-state index contributed by atoms with van der Waals surface area (Å²) in [4.78, 5) is 8.69. The molecule has 1 rings (SSSR count). The maximum atomic E-state index is 4.05. The monoisotopic (exact) mass is 235 g/mol. The van der Waals surface area contributed by atoms with Crippen molar-refractivity contribution in [3.05, 3.63) is 28.1 Å². The van der Waals surface area contributed by atoms with Crippen LogP contribution in [0.15, 0.2) is 24.5 Å². The van der Waals surface area contributed by atoms with Crippen LogP contribution in [0.4, 0.5) is 0 Å². The van der Waals surface area contributed by atoms with Gasteiger partial charge in [-0.25, -0.2) is 0 Å². The molecule has 0 aromatic carbocycles. The molecule has 2 heteroatoms. The van der Waals surface area contributed by atoms with Crippen molar-refractivity contribution in [1.29, 1.82) is 0 Å². The van der Waals surface area contributed by atoms with Crippen LogP contribution in [0.2, 0.25) is 0 Å². The van der Waals surface area contributed by atoms with Gasteiger partial charge in [-0.1, -0.05) is 0 Å². The molecule has 0 radical (unpaired) electrons. The molecule has 0 bridgehead atoms. The average Bonchev–Trinajstić information content (AvgIpc) is 1.90. The van der Waals surface area contributed by atoms with Crippen molar-refractivity contribution in [2.24, 2.45) is 0 Å². The number of alkyl halides is 2. The predicted octanol–water partition coefficient (Wildman–Crippen LogP) is 2.02. The summed E-state index contributed by atoms with van der Waals surface area (Å²) in [7, 11) is 0. The zero-order chi connectivity index (χ0) is 6.69. The van der Waals surface area contributed by atoms with Crippen LogP contribution >= 0.6 is 19.8 Å². The molecule has 0 aliphatic carbocycles. The summed E-state index contributed by atoms with van der Waals surface area (Å²) in [6, 6.07) is 4.17. The van der Waals surface area contributed by atoms with E-state index in [1.807, 2.05) is 18.5 Å². The van der Waals surface area contributed by atoms with Crippen molar-refractivity contribution in [2.75, 3.05) is 9.86 Å². The zero-order valence-electron chi connectivity index (χ0n) is 5.63. The number of nitrogens with zero attached hydrogens (tertiary/aromatic N) is 1. The Morgan fingerprint density at radius 2 is 2.22 bits per heavy atom. The van der Waals surface area contributed by atoms with E-state index in [1.165, 1.54) is 3.57 Å². The Balaban J connectivity index is 2.85. The number of rotatable bonds is 1. The van der Waals surface area contributed by atoms with Crippen molar-refractivity contribution in [3.63, 3.8) is 0 Å². The number of hydrogen-bond acceptors (Lipinski definition) is 1. The number of aromatic nitrogens is 1. The van der Waals surface area contributed by atoms with E-state index in [0.29, 0.717) is 0 Å². The summed E-state index contributed by atoms with van der Waals surface area (Å²) in [5.74, 6) is 0. The summed E-state index contributed by atoms with van der Waals surface area (Å²) in [5.41, 5.74) is 0. The van der Waals surface area contributed by atoms with E-state index in [2.05, 4.69) is 20.9 Å². The molecule has 0 aliphatic heterocycles. The summed E-state index contributed by atoms with van der Waals surface area (Å²) in [6.45, 7) is 0. The SMILES string of the molecule is CI(C)c1cccnc1. The van der Waals surface area contributed by atoms with Gasteiger partial charge in [0.15, 0.2) is 0 Å². The van der Waals surface area contributed by atoms with Gasteiger partial charge in [-0.05, 0) is 0 Å². The van der Waals surface area contributed by atoms with E-state index < -0.39 is 19.8 Å². The molecular weight excluding hydrogens is 225 g/mol. The molecule has 0 amide bonds. The number of pyridine rings is 1. The maximum absolute atomic E-state index is 4.05. The molecule has 0 unspecified atom stereocenters. The number of hydrogen-bond donors (Lipinski definition) is 0. The topological polar surface area (TPSA) is 12.9 Å². The van der Waals surface area contributed by atoms with Crippen LogP contribution in [0.5, 0.6) is 0 Å². The Hall–Kier alpha value is -0.120. The first kappa shape index (κ1) is 6.99. The quantitative estimate of drug-likeness (QED) is 0.536. The van der Waals surface area contributed by atoms with Crippen LogP contribution in [-0.2, 0) is 0 Å². The molecule has 0 saturated carbocycles. The Bertz CT molecular complexity index is 172. The first-order valence-electron chi connectivity index (χ1n) is 2.71. The first-order valence-corrected chi connectivity index (χ1v) is 8.10. The van der Waals surface area contributed by atoms with Crippen LogP contribution in [0, 0.1) is 3.57 Å². The van der Waals surface area contributed by atoms with Crippen LogP contribution in [0.1, 0.15) is 0 Å². The van der Waals surface area contributed by atoms with E-state index in [9.17, 15) is 0 Å². The zero-order valence-corrected chi connectivity index (χ0v) is 7.79. The second-order valence-corrected chi connectivity index (χ2v) is 7.49. The van der Waals surface area contributed by atoms with Crippen molar-refractivity contribution in [2.45, 2.75) is 0 Å². The average molecular weight is 235 g/mol. The fourth-order valence-corrected chi connectivity index (χ4v) is 2.21. The van der Waals surface area contributed by atoms with Gasteiger partial charge in [0.05, 0.1) is 0 Å². The first-order chi connectivity index (χ1) is 4.30. The molecule has 0 aliphatic rings. The molecule has 0 spiro atoms. The number of halogens is 1. The minimum atomic E-state index is -0.743. The second kappa shape index (κ2) is 3.15. The summed E-state index contributed by atoms with van der Waals surface area (Å²) < 4.78 is 1.46. The standard InChI is InChI=1S/C7H10IN/c1-8(2)7-4-3-5-9-6-7/h3-6H,1-2H3. The van der Waals surface area contributed by atoms with Crippen molar-refractivity contribution >= 4 is 19.8 Å². The summed E-state index contributed by atoms with van der Waals surface area (Å²) in [6.07, 6.45) is 3.80. The molecule has 0 N–H and O–H groups in total. The van der Waals surface area contributed by atoms with E-state index in [-0.39, 0.29) is 0 Å². The third-order valence-electron chi connectivity index (χ3n) is 1.06. The third-order valence-corrected chi connectivity index (χ3v) is 4.19. The van der Waals surface area contributed by atoms with Gasteiger partial charge in [-0.15, -0.1) is 0 Å². The Labute approximate surface area is 62.9 Å². The molecule has 0 fully saturated rings. The summed E-state index contributed by atoms with van der Waals surface area (Å²) in [5, 5.41) is 0. The van der Waals surface area contributed by atoms with Crippen molar-refractivity contribution in [1.82, 2.24) is 4.98 Å². The van der Waals surface area contributed by atoms with Gasteiger partial charge in [-0.2, -0.15) is 0 Å². The predicted molar refractivity (Wildman–Crippen MR) is 48.8 cm³/mol. The second-order valence-electron chi connectivity index (χ2n) is 1.93. The van der Waals surface area contributed by atoms with Crippen molar-refractivity contribution in [3.8, 4) is 0 Å². The minimum absolute atomic E-state index is 0.743.